The van der Waals surface area contributed by atoms with Crippen LogP contribution in [0.25, 0.3) is 16.9 Å². The smallest absolute Gasteiger partial charge is 0.223 e. The largest absolute Gasteiger partial charge is 0.348 e. The lowest BCUT2D eigenvalue weighted by molar-refractivity contribution is 0.186. The third-order valence-electron chi connectivity index (χ3n) is 5.98. The number of benzene rings is 1. The van der Waals surface area contributed by atoms with E-state index in [-0.39, 0.29) is 36.8 Å². The van der Waals surface area contributed by atoms with E-state index in [0.29, 0.717) is 28.5 Å². The van der Waals surface area contributed by atoms with Gasteiger partial charge in [0.1, 0.15) is 12.2 Å². The molecule has 2 aromatic heterocycles. The summed E-state index contributed by atoms with van der Waals surface area (Å²) in [6.45, 7) is 2.20. The van der Waals surface area contributed by atoms with E-state index < -0.39 is 22.2 Å². The zero-order chi connectivity index (χ0) is 25.9. The second kappa shape index (κ2) is 10.9. The van der Waals surface area contributed by atoms with E-state index in [1.807, 2.05) is 25.2 Å². The molecule has 0 bridgehead atoms. The van der Waals surface area contributed by atoms with Crippen molar-refractivity contribution in [3.8, 4) is 23.0 Å². The Bertz CT molecular complexity index is 1390. The van der Waals surface area contributed by atoms with Crippen molar-refractivity contribution in [2.24, 2.45) is 0 Å². The summed E-state index contributed by atoms with van der Waals surface area (Å²) in [5.41, 5.74) is 2.83. The summed E-state index contributed by atoms with van der Waals surface area (Å²) < 4.78 is 41.7. The van der Waals surface area contributed by atoms with E-state index in [2.05, 4.69) is 31.8 Å². The van der Waals surface area contributed by atoms with Crippen LogP contribution >= 0.6 is 11.6 Å². The Kier molecular flexibility index (Phi) is 7.85. The predicted octanol–water partition coefficient (Wildman–Crippen LogP) is 2.75. The molecule has 1 aliphatic rings. The summed E-state index contributed by atoms with van der Waals surface area (Å²) in [5, 5.41) is 20.5. The Hall–Kier alpha value is -3.11. The molecule has 0 saturated carbocycles. The Morgan fingerprint density at radius 3 is 2.81 bits per heavy atom. The summed E-state index contributed by atoms with van der Waals surface area (Å²) in [6, 6.07) is 7.07. The first kappa shape index (κ1) is 26.0. The molecular weight excluding hydrogens is 507 g/mol. The van der Waals surface area contributed by atoms with Gasteiger partial charge in [-0.15, -0.1) is 0 Å². The van der Waals surface area contributed by atoms with Crippen LogP contribution < -0.4 is 10.6 Å². The van der Waals surface area contributed by atoms with Crippen LogP contribution in [0, 0.1) is 11.3 Å². The van der Waals surface area contributed by atoms with E-state index in [9.17, 15) is 18.1 Å². The highest BCUT2D eigenvalue weighted by Gasteiger charge is 2.34. The van der Waals surface area contributed by atoms with Crippen LogP contribution in [0.15, 0.2) is 36.8 Å². The fourth-order valence-corrected chi connectivity index (χ4v) is 5.43. The third kappa shape index (κ3) is 5.49. The minimum Gasteiger partial charge on any atom is -0.348 e. The van der Waals surface area contributed by atoms with Gasteiger partial charge in [0.05, 0.1) is 46.2 Å². The van der Waals surface area contributed by atoms with E-state index in [0.717, 1.165) is 5.56 Å². The van der Waals surface area contributed by atoms with Gasteiger partial charge in [-0.3, -0.25) is 0 Å². The number of hydrogen-bond donors (Lipinski definition) is 2. The molecule has 1 saturated heterocycles. The molecule has 1 aromatic carbocycles. The number of halogens is 2. The molecule has 1 fully saturated rings. The molecule has 10 nitrogen and oxygen atoms in total. The number of alkyl halides is 1. The molecule has 3 heterocycles. The molecule has 3 aromatic rings. The van der Waals surface area contributed by atoms with Gasteiger partial charge in [0, 0.05) is 31.4 Å². The number of nitriles is 1. The van der Waals surface area contributed by atoms with Crippen LogP contribution in [0.2, 0.25) is 5.02 Å². The second-order valence-corrected chi connectivity index (χ2v) is 11.0. The molecule has 2 N–H and O–H groups in total. The highest BCUT2D eigenvalue weighted by Crippen LogP contribution is 2.27. The van der Waals surface area contributed by atoms with Crippen LogP contribution in [0.1, 0.15) is 24.5 Å². The summed E-state index contributed by atoms with van der Waals surface area (Å²) in [6.07, 6.45) is 3.47. The summed E-state index contributed by atoms with van der Waals surface area (Å²) in [5.74, 6) is 0.0736. The second-order valence-electron chi connectivity index (χ2n) is 8.37. The number of anilines is 1. The Balaban J connectivity index is 1.55. The van der Waals surface area contributed by atoms with Gasteiger partial charge in [-0.1, -0.05) is 17.7 Å². The molecule has 1 aliphatic heterocycles. The van der Waals surface area contributed by atoms with Gasteiger partial charge in [-0.25, -0.2) is 27.5 Å². The van der Waals surface area contributed by atoms with Crippen molar-refractivity contribution in [1.82, 2.24) is 29.4 Å². The molecule has 13 heteroatoms. The van der Waals surface area contributed by atoms with Crippen molar-refractivity contribution < 1.29 is 12.8 Å². The standard InChI is InChI=1S/C23H26ClFN8O2S/c1-3-36(34,35)32-7-6-20(19(25)14-32)30-23-28-11-16(9-26)22(31-23)17-12-29-33(13-17)21-5-4-15(10-27-2)8-18(21)24/h4-5,8,11-13,19-20,27H,3,6-7,10,14H2,1-2H3,(H,28,30,31)/t19-,20+/m1/s1. The van der Waals surface area contributed by atoms with Gasteiger partial charge in [0.2, 0.25) is 16.0 Å². The highest BCUT2D eigenvalue weighted by atomic mass is 35.5. The number of rotatable bonds is 8. The molecular formula is C23H26ClFN8O2S. The average Bonchev–Trinajstić information content (AvgIpc) is 3.35. The van der Waals surface area contributed by atoms with Gasteiger partial charge in [-0.05, 0) is 38.1 Å². The number of nitrogens with zero attached hydrogens (tertiary/aromatic N) is 6. The maximum atomic E-state index is 14.8. The van der Waals surface area contributed by atoms with Crippen LogP contribution in [-0.4, -0.2) is 70.6 Å². The van der Waals surface area contributed by atoms with Gasteiger partial charge < -0.3 is 10.6 Å². The van der Waals surface area contributed by atoms with Crippen LogP contribution in [-0.2, 0) is 16.6 Å². The molecule has 0 unspecified atom stereocenters. The molecule has 2 atom stereocenters. The SMILES string of the molecule is CCS(=O)(=O)N1CC[C@H](Nc2ncc(C#N)c(-c3cnn(-c4ccc(CNC)cc4Cl)c3)n2)[C@H](F)C1. The first-order valence-electron chi connectivity index (χ1n) is 11.4. The molecule has 0 radical (unpaired) electrons. The molecule has 190 valence electrons. The normalized spacial score (nSPS) is 18.6. The molecule has 4 rings (SSSR count). The van der Waals surface area contributed by atoms with Gasteiger partial charge in [0.15, 0.2) is 0 Å². The van der Waals surface area contributed by atoms with Crippen molar-refractivity contribution in [2.75, 3.05) is 31.2 Å². The topological polar surface area (TPSA) is 129 Å². The summed E-state index contributed by atoms with van der Waals surface area (Å²) >= 11 is 6.46. The molecule has 0 aliphatic carbocycles. The lowest BCUT2D eigenvalue weighted by atomic mass is 10.1. The van der Waals surface area contributed by atoms with Crippen molar-refractivity contribution in [1.29, 1.82) is 5.26 Å². The molecule has 0 spiro atoms. The first-order valence-corrected chi connectivity index (χ1v) is 13.4. The van der Waals surface area contributed by atoms with E-state index in [4.69, 9.17) is 11.6 Å². The quantitative estimate of drug-likeness (QED) is 0.453. The summed E-state index contributed by atoms with van der Waals surface area (Å²) in [4.78, 5) is 8.61. The first-order chi connectivity index (χ1) is 17.2. The van der Waals surface area contributed by atoms with Gasteiger partial charge >= 0.3 is 0 Å². The monoisotopic (exact) mass is 532 g/mol. The predicted molar refractivity (Wildman–Crippen MR) is 135 cm³/mol. The average molecular weight is 533 g/mol. The van der Waals surface area contributed by atoms with Gasteiger partial charge in [-0.2, -0.15) is 14.7 Å². The fraction of sp³-hybridized carbons (Fsp3) is 0.391. The number of hydrogen-bond acceptors (Lipinski definition) is 8. The Morgan fingerprint density at radius 2 is 2.14 bits per heavy atom. The van der Waals surface area contributed by atoms with Crippen molar-refractivity contribution in [3.63, 3.8) is 0 Å². The minimum atomic E-state index is -3.45. The number of aromatic nitrogens is 4. The lowest BCUT2D eigenvalue weighted by Gasteiger charge is -2.34. The number of nitrogens with one attached hydrogen (secondary N) is 2. The molecule has 0 amide bonds. The summed E-state index contributed by atoms with van der Waals surface area (Å²) in [7, 11) is -1.60. The fourth-order valence-electron chi connectivity index (χ4n) is 4.02. The zero-order valence-corrected chi connectivity index (χ0v) is 21.4. The maximum Gasteiger partial charge on any atom is 0.223 e. The maximum absolute atomic E-state index is 14.8. The van der Waals surface area contributed by atoms with Crippen LogP contribution in [0.4, 0.5) is 10.3 Å². The number of piperidine rings is 1. The van der Waals surface area contributed by atoms with E-state index in [1.54, 1.807) is 17.1 Å². The Morgan fingerprint density at radius 1 is 1.33 bits per heavy atom. The zero-order valence-electron chi connectivity index (χ0n) is 19.8. The van der Waals surface area contributed by atoms with Crippen molar-refractivity contribution >= 4 is 27.6 Å². The van der Waals surface area contributed by atoms with Crippen molar-refractivity contribution in [3.05, 3.63) is 52.9 Å². The Labute approximate surface area is 214 Å². The van der Waals surface area contributed by atoms with Crippen LogP contribution in [0.3, 0.4) is 0 Å². The minimum absolute atomic E-state index is 0.0705. The molecule has 36 heavy (non-hydrogen) atoms. The van der Waals surface area contributed by atoms with Gasteiger partial charge in [0.25, 0.3) is 0 Å². The van der Waals surface area contributed by atoms with E-state index in [1.165, 1.54) is 17.4 Å². The van der Waals surface area contributed by atoms with Crippen LogP contribution in [0.5, 0.6) is 0 Å². The van der Waals surface area contributed by atoms with E-state index >= 15 is 0 Å². The number of sulfonamides is 1. The van der Waals surface area contributed by atoms with Crippen molar-refractivity contribution in [2.45, 2.75) is 32.1 Å². The highest BCUT2D eigenvalue weighted by molar-refractivity contribution is 7.89. The lowest BCUT2D eigenvalue weighted by Crippen LogP contribution is -2.50. The third-order valence-corrected chi connectivity index (χ3v) is 8.13.